The highest BCUT2D eigenvalue weighted by Crippen LogP contribution is 2.20. The molecule has 0 saturated carbocycles. The average molecular weight is 229 g/mol. The van der Waals surface area contributed by atoms with Gasteiger partial charge >= 0.3 is 0 Å². The molecule has 0 radical (unpaired) electrons. The van der Waals surface area contributed by atoms with Gasteiger partial charge in [-0.15, -0.1) is 0 Å². The lowest BCUT2D eigenvalue weighted by Crippen LogP contribution is -2.31. The molecule has 5 heteroatoms. The molecular formula is C10H15NO3S. The summed E-state index contributed by atoms with van der Waals surface area (Å²) in [7, 11) is -3.22. The zero-order valence-electron chi connectivity index (χ0n) is 8.84. The highest BCUT2D eigenvalue weighted by atomic mass is 32.2. The monoisotopic (exact) mass is 229 g/mol. The standard InChI is InChI=1S/C10H15NO3S/c1-3-11(15(13,14)4-2)9-5-7-10(12)8-6-9/h5-8,12H,3-4H2,1-2H3. The third-order valence-electron chi connectivity index (χ3n) is 2.13. The van der Waals surface area contributed by atoms with Crippen LogP contribution in [-0.4, -0.2) is 25.8 Å². The van der Waals surface area contributed by atoms with Gasteiger partial charge in [0, 0.05) is 6.54 Å². The first-order valence-corrected chi connectivity index (χ1v) is 6.41. The molecule has 0 aliphatic heterocycles. The molecule has 0 fully saturated rings. The van der Waals surface area contributed by atoms with Crippen LogP contribution < -0.4 is 4.31 Å². The first kappa shape index (κ1) is 11.8. The van der Waals surface area contributed by atoms with Crippen LogP contribution in [0.1, 0.15) is 13.8 Å². The van der Waals surface area contributed by atoms with Gasteiger partial charge in [-0.3, -0.25) is 4.31 Å². The van der Waals surface area contributed by atoms with Crippen LogP contribution in [-0.2, 0) is 10.0 Å². The van der Waals surface area contributed by atoms with Crippen LogP contribution in [0.25, 0.3) is 0 Å². The molecule has 1 rings (SSSR count). The minimum Gasteiger partial charge on any atom is -0.508 e. The van der Waals surface area contributed by atoms with Crippen molar-refractivity contribution in [1.29, 1.82) is 0 Å². The van der Waals surface area contributed by atoms with E-state index in [0.29, 0.717) is 12.2 Å². The van der Waals surface area contributed by atoms with E-state index in [1.165, 1.54) is 16.4 Å². The lowest BCUT2D eigenvalue weighted by atomic mass is 10.3. The number of phenols is 1. The largest absolute Gasteiger partial charge is 0.508 e. The Morgan fingerprint density at radius 2 is 1.73 bits per heavy atom. The van der Waals surface area contributed by atoms with E-state index in [0.717, 1.165) is 0 Å². The molecule has 0 spiro atoms. The van der Waals surface area contributed by atoms with Gasteiger partial charge in [0.2, 0.25) is 10.0 Å². The third kappa shape index (κ3) is 2.62. The maximum atomic E-state index is 11.7. The van der Waals surface area contributed by atoms with Crippen molar-refractivity contribution < 1.29 is 13.5 Å². The van der Waals surface area contributed by atoms with Crippen molar-refractivity contribution in [2.75, 3.05) is 16.6 Å². The molecular weight excluding hydrogens is 214 g/mol. The molecule has 0 amide bonds. The molecule has 0 aliphatic rings. The van der Waals surface area contributed by atoms with Crippen LogP contribution in [0.4, 0.5) is 5.69 Å². The molecule has 15 heavy (non-hydrogen) atoms. The van der Waals surface area contributed by atoms with Crippen LogP contribution in [0, 0.1) is 0 Å². The lowest BCUT2D eigenvalue weighted by molar-refractivity contribution is 0.475. The summed E-state index contributed by atoms with van der Waals surface area (Å²) in [6.45, 7) is 3.78. The van der Waals surface area contributed by atoms with Crippen LogP contribution in [0.15, 0.2) is 24.3 Å². The summed E-state index contributed by atoms with van der Waals surface area (Å²) in [4.78, 5) is 0. The van der Waals surface area contributed by atoms with Crippen molar-refractivity contribution >= 4 is 15.7 Å². The number of hydrogen-bond donors (Lipinski definition) is 1. The topological polar surface area (TPSA) is 57.6 Å². The van der Waals surface area contributed by atoms with Crippen molar-refractivity contribution in [2.45, 2.75) is 13.8 Å². The predicted octanol–water partition coefficient (Wildman–Crippen LogP) is 1.57. The lowest BCUT2D eigenvalue weighted by Gasteiger charge is -2.21. The number of anilines is 1. The highest BCUT2D eigenvalue weighted by Gasteiger charge is 2.18. The minimum atomic E-state index is -3.22. The summed E-state index contributed by atoms with van der Waals surface area (Å²) in [5.41, 5.74) is 0.581. The second-order valence-corrected chi connectivity index (χ2v) is 5.26. The van der Waals surface area contributed by atoms with E-state index in [4.69, 9.17) is 5.11 Å². The summed E-state index contributed by atoms with van der Waals surface area (Å²) >= 11 is 0. The zero-order valence-corrected chi connectivity index (χ0v) is 9.66. The minimum absolute atomic E-state index is 0.0711. The molecule has 0 heterocycles. The number of aromatic hydroxyl groups is 1. The number of nitrogens with zero attached hydrogens (tertiary/aromatic N) is 1. The molecule has 0 atom stereocenters. The Kier molecular flexibility index (Phi) is 3.57. The summed E-state index contributed by atoms with van der Waals surface area (Å²) in [6, 6.07) is 6.13. The van der Waals surface area contributed by atoms with E-state index in [-0.39, 0.29) is 11.5 Å². The molecule has 0 unspecified atom stereocenters. The molecule has 1 aromatic carbocycles. The molecule has 84 valence electrons. The third-order valence-corrected chi connectivity index (χ3v) is 4.00. The Balaban J connectivity index is 3.09. The maximum Gasteiger partial charge on any atom is 0.234 e. The maximum absolute atomic E-state index is 11.7. The van der Waals surface area contributed by atoms with Crippen LogP contribution in [0.3, 0.4) is 0 Å². The van der Waals surface area contributed by atoms with Gasteiger partial charge < -0.3 is 5.11 Å². The van der Waals surface area contributed by atoms with Gasteiger partial charge in [0.1, 0.15) is 5.75 Å². The number of phenolic OH excluding ortho intramolecular Hbond substituents is 1. The fourth-order valence-corrected chi connectivity index (χ4v) is 2.46. The fourth-order valence-electron chi connectivity index (χ4n) is 1.31. The Morgan fingerprint density at radius 1 is 1.20 bits per heavy atom. The van der Waals surface area contributed by atoms with Gasteiger partial charge in [-0.1, -0.05) is 0 Å². The summed E-state index contributed by atoms with van der Waals surface area (Å²) in [6.07, 6.45) is 0. The van der Waals surface area contributed by atoms with Crippen LogP contribution in [0.5, 0.6) is 5.75 Å². The van der Waals surface area contributed by atoms with E-state index in [1.807, 2.05) is 0 Å². The number of sulfonamides is 1. The Labute approximate surface area is 90.2 Å². The second-order valence-electron chi connectivity index (χ2n) is 3.08. The highest BCUT2D eigenvalue weighted by molar-refractivity contribution is 7.92. The average Bonchev–Trinajstić information content (AvgIpc) is 2.22. The van der Waals surface area contributed by atoms with Crippen molar-refractivity contribution in [3.63, 3.8) is 0 Å². The quantitative estimate of drug-likeness (QED) is 0.852. The molecule has 0 aromatic heterocycles. The van der Waals surface area contributed by atoms with Crippen molar-refractivity contribution in [1.82, 2.24) is 0 Å². The Morgan fingerprint density at radius 3 is 2.13 bits per heavy atom. The normalized spacial score (nSPS) is 11.3. The van der Waals surface area contributed by atoms with E-state index in [9.17, 15) is 8.42 Å². The Bertz CT molecular complexity index is 411. The van der Waals surface area contributed by atoms with Crippen molar-refractivity contribution in [3.8, 4) is 5.75 Å². The zero-order chi connectivity index (χ0) is 11.5. The number of benzene rings is 1. The first-order chi connectivity index (χ1) is 7.01. The smallest absolute Gasteiger partial charge is 0.234 e. The molecule has 1 N–H and O–H groups in total. The summed E-state index contributed by atoms with van der Waals surface area (Å²) < 4.78 is 24.7. The van der Waals surface area contributed by atoms with E-state index < -0.39 is 10.0 Å². The fraction of sp³-hybridized carbons (Fsp3) is 0.400. The Hall–Kier alpha value is -1.23. The molecule has 4 nitrogen and oxygen atoms in total. The first-order valence-electron chi connectivity index (χ1n) is 4.80. The van der Waals surface area contributed by atoms with Crippen LogP contribution in [0.2, 0.25) is 0 Å². The van der Waals surface area contributed by atoms with Crippen molar-refractivity contribution in [3.05, 3.63) is 24.3 Å². The number of rotatable bonds is 4. The van der Waals surface area contributed by atoms with Gasteiger partial charge in [0.05, 0.1) is 11.4 Å². The predicted molar refractivity (Wildman–Crippen MR) is 60.6 cm³/mol. The van der Waals surface area contributed by atoms with E-state index >= 15 is 0 Å². The van der Waals surface area contributed by atoms with Gasteiger partial charge in [0.15, 0.2) is 0 Å². The molecule has 0 saturated heterocycles. The van der Waals surface area contributed by atoms with Gasteiger partial charge in [-0.05, 0) is 38.1 Å². The van der Waals surface area contributed by atoms with E-state index in [1.54, 1.807) is 26.0 Å². The molecule has 0 aliphatic carbocycles. The summed E-state index contributed by atoms with van der Waals surface area (Å²) in [5.74, 6) is 0.200. The molecule has 1 aromatic rings. The van der Waals surface area contributed by atoms with Crippen LogP contribution >= 0.6 is 0 Å². The van der Waals surface area contributed by atoms with Gasteiger partial charge in [-0.2, -0.15) is 0 Å². The van der Waals surface area contributed by atoms with Gasteiger partial charge in [-0.25, -0.2) is 8.42 Å². The second kappa shape index (κ2) is 4.53. The van der Waals surface area contributed by atoms with Crippen molar-refractivity contribution in [2.24, 2.45) is 0 Å². The SMILES string of the molecule is CCN(c1ccc(O)cc1)S(=O)(=O)CC. The van der Waals surface area contributed by atoms with Gasteiger partial charge in [0.25, 0.3) is 0 Å². The molecule has 0 bridgehead atoms. The number of hydrogen-bond acceptors (Lipinski definition) is 3. The van der Waals surface area contributed by atoms with E-state index in [2.05, 4.69) is 0 Å². The summed E-state index contributed by atoms with van der Waals surface area (Å²) in [5, 5.41) is 9.10.